The molecule has 0 bridgehead atoms. The van der Waals surface area contributed by atoms with E-state index < -0.39 is 0 Å². The first-order valence-corrected chi connectivity index (χ1v) is 5.93. The van der Waals surface area contributed by atoms with Gasteiger partial charge in [0.05, 0.1) is 13.1 Å². The van der Waals surface area contributed by atoms with Crippen LogP contribution in [0.25, 0.3) is 0 Å². The molecule has 80 valence electrons. The van der Waals surface area contributed by atoms with E-state index in [2.05, 4.69) is 39.1 Å². The number of thiophene rings is 1. The Morgan fingerprint density at radius 3 is 3.20 bits per heavy atom. The van der Waals surface area contributed by atoms with Crippen molar-refractivity contribution in [3.05, 3.63) is 34.5 Å². The summed E-state index contributed by atoms with van der Waals surface area (Å²) in [6, 6.07) is 2.11. The van der Waals surface area contributed by atoms with E-state index in [-0.39, 0.29) is 0 Å². The van der Waals surface area contributed by atoms with Crippen molar-refractivity contribution in [3.8, 4) is 0 Å². The fraction of sp³-hybridized carbons (Fsp3) is 0.400. The Labute approximate surface area is 93.0 Å². The van der Waals surface area contributed by atoms with E-state index in [1.165, 1.54) is 5.56 Å². The first-order chi connectivity index (χ1) is 7.38. The highest BCUT2D eigenvalue weighted by atomic mass is 32.1. The Kier molecular flexibility index (Phi) is 3.47. The Morgan fingerprint density at radius 1 is 1.53 bits per heavy atom. The second-order valence-corrected chi connectivity index (χ2v) is 4.05. The van der Waals surface area contributed by atoms with Crippen LogP contribution in [0.1, 0.15) is 18.3 Å². The Bertz CT molecular complexity index is 393. The van der Waals surface area contributed by atoms with Crippen molar-refractivity contribution in [1.29, 1.82) is 0 Å². The largest absolute Gasteiger partial charge is 0.310 e. The molecule has 0 aliphatic rings. The van der Waals surface area contributed by atoms with Crippen LogP contribution in [0, 0.1) is 0 Å². The number of hydrogen-bond donors (Lipinski definition) is 1. The molecule has 0 aliphatic carbocycles. The summed E-state index contributed by atoms with van der Waals surface area (Å²) in [7, 11) is 0. The molecular weight excluding hydrogens is 208 g/mol. The van der Waals surface area contributed by atoms with Gasteiger partial charge < -0.3 is 5.32 Å². The fourth-order valence-corrected chi connectivity index (χ4v) is 1.96. The third-order valence-corrected chi connectivity index (χ3v) is 2.77. The minimum atomic E-state index is 0.743. The van der Waals surface area contributed by atoms with E-state index in [0.717, 1.165) is 25.5 Å². The summed E-state index contributed by atoms with van der Waals surface area (Å²) in [5.41, 5.74) is 1.28. The zero-order valence-corrected chi connectivity index (χ0v) is 9.50. The van der Waals surface area contributed by atoms with Crippen molar-refractivity contribution in [2.24, 2.45) is 0 Å². The average Bonchev–Trinajstić information content (AvgIpc) is 2.87. The maximum Gasteiger partial charge on any atom is 0.164 e. The molecule has 0 atom stereocenters. The quantitative estimate of drug-likeness (QED) is 0.833. The Morgan fingerprint density at radius 2 is 2.47 bits per heavy atom. The third-order valence-electron chi connectivity index (χ3n) is 2.04. The molecule has 2 aromatic rings. The first-order valence-electron chi connectivity index (χ1n) is 4.98. The van der Waals surface area contributed by atoms with Crippen molar-refractivity contribution in [2.45, 2.75) is 20.0 Å². The average molecular weight is 222 g/mol. The van der Waals surface area contributed by atoms with Crippen LogP contribution >= 0.6 is 11.3 Å². The molecule has 0 fully saturated rings. The standard InChI is InChI=1S/C10H14N4S/c1-2-11-5-10-12-8-14(13-10)6-9-3-4-15-7-9/h3-4,7-8,11H,2,5-6H2,1H3. The number of nitrogens with zero attached hydrogens (tertiary/aromatic N) is 3. The van der Waals surface area contributed by atoms with E-state index in [0.29, 0.717) is 0 Å². The monoisotopic (exact) mass is 222 g/mol. The summed E-state index contributed by atoms with van der Waals surface area (Å²) in [6.07, 6.45) is 1.78. The molecule has 0 aliphatic heterocycles. The molecule has 2 heterocycles. The zero-order valence-electron chi connectivity index (χ0n) is 8.68. The number of rotatable bonds is 5. The molecule has 0 amide bonds. The van der Waals surface area contributed by atoms with Gasteiger partial charge >= 0.3 is 0 Å². The van der Waals surface area contributed by atoms with Gasteiger partial charge in [0.25, 0.3) is 0 Å². The van der Waals surface area contributed by atoms with Crippen LogP contribution in [0.4, 0.5) is 0 Å². The highest BCUT2D eigenvalue weighted by Gasteiger charge is 2.00. The van der Waals surface area contributed by atoms with Crippen LogP contribution in [0.3, 0.4) is 0 Å². The van der Waals surface area contributed by atoms with Gasteiger partial charge in [-0.1, -0.05) is 6.92 Å². The molecule has 5 heteroatoms. The summed E-state index contributed by atoms with van der Waals surface area (Å²) < 4.78 is 1.87. The molecule has 0 aromatic carbocycles. The second-order valence-electron chi connectivity index (χ2n) is 3.27. The molecule has 15 heavy (non-hydrogen) atoms. The summed E-state index contributed by atoms with van der Waals surface area (Å²) in [5.74, 6) is 0.854. The summed E-state index contributed by atoms with van der Waals surface area (Å²) in [4.78, 5) is 4.23. The molecule has 2 aromatic heterocycles. The predicted molar refractivity (Wildman–Crippen MR) is 60.8 cm³/mol. The van der Waals surface area contributed by atoms with E-state index in [9.17, 15) is 0 Å². The van der Waals surface area contributed by atoms with E-state index >= 15 is 0 Å². The van der Waals surface area contributed by atoms with Crippen LogP contribution in [0.2, 0.25) is 0 Å². The van der Waals surface area contributed by atoms with E-state index in [1.54, 1.807) is 17.7 Å². The van der Waals surface area contributed by atoms with E-state index in [4.69, 9.17) is 0 Å². The van der Waals surface area contributed by atoms with Gasteiger partial charge in [-0.2, -0.15) is 16.4 Å². The lowest BCUT2D eigenvalue weighted by atomic mass is 10.3. The first kappa shape index (κ1) is 10.3. The van der Waals surface area contributed by atoms with Crippen molar-refractivity contribution in [2.75, 3.05) is 6.54 Å². The minimum Gasteiger partial charge on any atom is -0.310 e. The predicted octanol–water partition coefficient (Wildman–Crippen LogP) is 1.50. The Balaban J connectivity index is 1.95. The maximum absolute atomic E-state index is 4.37. The third kappa shape index (κ3) is 2.87. The highest BCUT2D eigenvalue weighted by molar-refractivity contribution is 7.07. The number of hydrogen-bond acceptors (Lipinski definition) is 4. The van der Waals surface area contributed by atoms with Gasteiger partial charge in [-0.25, -0.2) is 9.67 Å². The van der Waals surface area contributed by atoms with Gasteiger partial charge in [-0.05, 0) is 28.9 Å². The molecule has 0 spiro atoms. The summed E-state index contributed by atoms with van der Waals surface area (Å²) in [6.45, 7) is 4.57. The molecule has 0 radical (unpaired) electrons. The van der Waals surface area contributed by atoms with Crippen molar-refractivity contribution >= 4 is 11.3 Å². The highest BCUT2D eigenvalue weighted by Crippen LogP contribution is 2.07. The lowest BCUT2D eigenvalue weighted by molar-refractivity contribution is 0.643. The lowest BCUT2D eigenvalue weighted by Gasteiger charge is -1.97. The zero-order chi connectivity index (χ0) is 10.5. The van der Waals surface area contributed by atoms with Crippen LogP contribution in [-0.4, -0.2) is 21.3 Å². The second kappa shape index (κ2) is 5.04. The minimum absolute atomic E-state index is 0.743. The molecule has 4 nitrogen and oxygen atoms in total. The Hall–Kier alpha value is -1.20. The fourth-order valence-electron chi connectivity index (χ4n) is 1.30. The normalized spacial score (nSPS) is 10.7. The van der Waals surface area contributed by atoms with Crippen molar-refractivity contribution in [3.63, 3.8) is 0 Å². The smallest absolute Gasteiger partial charge is 0.164 e. The topological polar surface area (TPSA) is 42.7 Å². The number of nitrogens with one attached hydrogen (secondary N) is 1. The SMILES string of the molecule is CCNCc1ncn(Cc2ccsc2)n1. The van der Waals surface area contributed by atoms with Gasteiger partial charge in [-0.3, -0.25) is 0 Å². The van der Waals surface area contributed by atoms with Crippen LogP contribution < -0.4 is 5.32 Å². The molecule has 0 saturated carbocycles. The maximum atomic E-state index is 4.37. The van der Waals surface area contributed by atoms with Crippen LogP contribution in [-0.2, 0) is 13.1 Å². The van der Waals surface area contributed by atoms with Crippen molar-refractivity contribution in [1.82, 2.24) is 20.1 Å². The molecule has 0 unspecified atom stereocenters. The molecule has 0 saturated heterocycles. The van der Waals surface area contributed by atoms with E-state index in [1.807, 2.05) is 4.68 Å². The van der Waals surface area contributed by atoms with Gasteiger partial charge in [0.15, 0.2) is 5.82 Å². The summed E-state index contributed by atoms with van der Waals surface area (Å²) >= 11 is 1.71. The lowest BCUT2D eigenvalue weighted by Crippen LogP contribution is -2.13. The van der Waals surface area contributed by atoms with Crippen LogP contribution in [0.5, 0.6) is 0 Å². The van der Waals surface area contributed by atoms with Gasteiger partial charge in [0.1, 0.15) is 6.33 Å². The van der Waals surface area contributed by atoms with Crippen molar-refractivity contribution < 1.29 is 0 Å². The van der Waals surface area contributed by atoms with Gasteiger partial charge in [0.2, 0.25) is 0 Å². The number of aromatic nitrogens is 3. The van der Waals surface area contributed by atoms with Gasteiger partial charge in [0, 0.05) is 0 Å². The molecular formula is C10H14N4S. The van der Waals surface area contributed by atoms with Gasteiger partial charge in [-0.15, -0.1) is 0 Å². The van der Waals surface area contributed by atoms with Crippen LogP contribution in [0.15, 0.2) is 23.2 Å². The molecule has 1 N–H and O–H groups in total. The molecule has 2 rings (SSSR count). The summed E-state index contributed by atoms with van der Waals surface area (Å²) in [5, 5.41) is 11.8.